The van der Waals surface area contributed by atoms with Gasteiger partial charge in [0.15, 0.2) is 0 Å². The Bertz CT molecular complexity index is 393. The smallest absolute Gasteiger partial charge is 0.225 e. The highest BCUT2D eigenvalue weighted by atomic mass is 16.1. The molecule has 1 aromatic rings. The summed E-state index contributed by atoms with van der Waals surface area (Å²) in [6, 6.07) is 5.26. The molecule has 0 bridgehead atoms. The molecule has 0 fully saturated rings. The Morgan fingerprint density at radius 2 is 2.40 bits per heavy atom. The molecule has 0 saturated heterocycles. The molecule has 0 aliphatic heterocycles. The van der Waals surface area contributed by atoms with Crippen LogP contribution >= 0.6 is 0 Å². The number of nitriles is 1. The van der Waals surface area contributed by atoms with E-state index in [1.807, 2.05) is 19.9 Å². The Hall–Kier alpha value is -1.89. The molecule has 1 rings (SSSR count). The van der Waals surface area contributed by atoms with E-state index in [1.54, 1.807) is 18.3 Å². The first-order valence-electron chi connectivity index (χ1n) is 4.78. The largest absolute Gasteiger partial charge is 0.310 e. The van der Waals surface area contributed by atoms with E-state index in [-0.39, 0.29) is 5.91 Å². The number of rotatable bonds is 3. The van der Waals surface area contributed by atoms with Crippen molar-refractivity contribution >= 4 is 11.7 Å². The molecule has 0 radical (unpaired) electrons. The van der Waals surface area contributed by atoms with Crippen LogP contribution in [0.2, 0.25) is 0 Å². The van der Waals surface area contributed by atoms with Gasteiger partial charge in [0.05, 0.1) is 5.56 Å². The van der Waals surface area contributed by atoms with E-state index < -0.39 is 0 Å². The second-order valence-electron chi connectivity index (χ2n) is 3.66. The van der Waals surface area contributed by atoms with Crippen molar-refractivity contribution in [3.63, 3.8) is 0 Å². The Kier molecular flexibility index (Phi) is 3.81. The lowest BCUT2D eigenvalue weighted by molar-refractivity contribution is -0.116. The number of carbonyl (C=O) groups is 1. The average molecular weight is 203 g/mol. The van der Waals surface area contributed by atoms with E-state index in [2.05, 4.69) is 10.3 Å². The van der Waals surface area contributed by atoms with Gasteiger partial charge < -0.3 is 5.32 Å². The summed E-state index contributed by atoms with van der Waals surface area (Å²) >= 11 is 0. The van der Waals surface area contributed by atoms with Crippen molar-refractivity contribution in [3.8, 4) is 6.07 Å². The van der Waals surface area contributed by atoms with Gasteiger partial charge in [0.25, 0.3) is 0 Å². The normalized spacial score (nSPS) is 9.73. The molecule has 4 nitrogen and oxygen atoms in total. The first-order valence-corrected chi connectivity index (χ1v) is 4.78. The van der Waals surface area contributed by atoms with Crippen LogP contribution in [-0.2, 0) is 4.79 Å². The van der Waals surface area contributed by atoms with E-state index >= 15 is 0 Å². The maximum absolute atomic E-state index is 11.4. The summed E-state index contributed by atoms with van der Waals surface area (Å²) < 4.78 is 0. The minimum Gasteiger partial charge on any atom is -0.310 e. The fourth-order valence-corrected chi connectivity index (χ4v) is 1.15. The van der Waals surface area contributed by atoms with Gasteiger partial charge in [0, 0.05) is 12.6 Å². The van der Waals surface area contributed by atoms with Gasteiger partial charge >= 0.3 is 0 Å². The van der Waals surface area contributed by atoms with Crippen LogP contribution in [0.25, 0.3) is 0 Å². The van der Waals surface area contributed by atoms with Crippen molar-refractivity contribution in [1.29, 1.82) is 5.26 Å². The Labute approximate surface area is 88.9 Å². The summed E-state index contributed by atoms with van der Waals surface area (Å²) in [6.45, 7) is 3.92. The molecule has 0 atom stereocenters. The lowest BCUT2D eigenvalue weighted by Crippen LogP contribution is -2.15. The van der Waals surface area contributed by atoms with Crippen molar-refractivity contribution < 1.29 is 4.79 Å². The second-order valence-corrected chi connectivity index (χ2v) is 3.66. The summed E-state index contributed by atoms with van der Waals surface area (Å²) in [6.07, 6.45) is 1.98. The minimum absolute atomic E-state index is 0.111. The fourth-order valence-electron chi connectivity index (χ4n) is 1.15. The van der Waals surface area contributed by atoms with Gasteiger partial charge in [-0.15, -0.1) is 0 Å². The van der Waals surface area contributed by atoms with Crippen LogP contribution in [0.5, 0.6) is 0 Å². The molecule has 4 heteroatoms. The summed E-state index contributed by atoms with van der Waals surface area (Å²) in [5.74, 6) is 0.519. The van der Waals surface area contributed by atoms with Gasteiger partial charge in [-0.3, -0.25) is 4.79 Å². The number of anilines is 1. The van der Waals surface area contributed by atoms with Crippen LogP contribution in [0.1, 0.15) is 25.8 Å². The molecule has 1 amide bonds. The molecule has 0 aliphatic carbocycles. The second kappa shape index (κ2) is 5.11. The van der Waals surface area contributed by atoms with Crippen molar-refractivity contribution in [3.05, 3.63) is 23.9 Å². The van der Waals surface area contributed by atoms with E-state index in [0.29, 0.717) is 23.7 Å². The molecule has 0 spiro atoms. The average Bonchev–Trinajstić information content (AvgIpc) is 2.17. The monoisotopic (exact) mass is 203 g/mol. The predicted octanol–water partition coefficient (Wildman–Crippen LogP) is 1.94. The Balaban J connectivity index is 2.73. The number of hydrogen-bond donors (Lipinski definition) is 1. The van der Waals surface area contributed by atoms with Crippen LogP contribution in [-0.4, -0.2) is 10.9 Å². The van der Waals surface area contributed by atoms with Gasteiger partial charge in [-0.1, -0.05) is 13.8 Å². The van der Waals surface area contributed by atoms with Crippen molar-refractivity contribution in [2.45, 2.75) is 20.3 Å². The Morgan fingerprint density at radius 1 is 1.67 bits per heavy atom. The third-order valence-electron chi connectivity index (χ3n) is 1.78. The highest BCUT2D eigenvalue weighted by Gasteiger charge is 2.08. The summed E-state index contributed by atoms with van der Waals surface area (Å²) in [5.41, 5.74) is 0.384. The third-order valence-corrected chi connectivity index (χ3v) is 1.78. The molecule has 1 aromatic heterocycles. The predicted molar refractivity (Wildman–Crippen MR) is 57.0 cm³/mol. The molecule has 1 N–H and O–H groups in total. The molecule has 15 heavy (non-hydrogen) atoms. The maximum Gasteiger partial charge on any atom is 0.225 e. The first kappa shape index (κ1) is 11.2. The number of hydrogen-bond acceptors (Lipinski definition) is 3. The third kappa shape index (κ3) is 3.39. The quantitative estimate of drug-likeness (QED) is 0.816. The molecule has 0 unspecified atom stereocenters. The molecule has 0 aromatic carbocycles. The SMILES string of the molecule is CC(C)CC(=O)Nc1ncccc1C#N. The number of pyridine rings is 1. The van der Waals surface area contributed by atoms with Crippen LogP contribution in [0.3, 0.4) is 0 Å². The number of carbonyl (C=O) groups excluding carboxylic acids is 1. The maximum atomic E-state index is 11.4. The lowest BCUT2D eigenvalue weighted by atomic mass is 10.1. The van der Waals surface area contributed by atoms with Crippen LogP contribution in [0, 0.1) is 17.2 Å². The molecule has 1 heterocycles. The van der Waals surface area contributed by atoms with Gasteiger partial charge in [-0.05, 0) is 18.1 Å². The topological polar surface area (TPSA) is 65.8 Å². The minimum atomic E-state index is -0.111. The molecule has 78 valence electrons. The van der Waals surface area contributed by atoms with Crippen LogP contribution in [0.15, 0.2) is 18.3 Å². The highest BCUT2D eigenvalue weighted by Crippen LogP contribution is 2.11. The highest BCUT2D eigenvalue weighted by molar-refractivity contribution is 5.90. The van der Waals surface area contributed by atoms with E-state index in [1.165, 1.54) is 0 Å². The van der Waals surface area contributed by atoms with Crippen LogP contribution in [0.4, 0.5) is 5.82 Å². The number of nitrogens with one attached hydrogen (secondary N) is 1. The van der Waals surface area contributed by atoms with Gasteiger partial charge in [-0.2, -0.15) is 5.26 Å². The molecular formula is C11H13N3O. The summed E-state index contributed by atoms with van der Waals surface area (Å²) in [4.78, 5) is 15.4. The lowest BCUT2D eigenvalue weighted by Gasteiger charge is -2.06. The number of nitrogens with zero attached hydrogens (tertiary/aromatic N) is 2. The van der Waals surface area contributed by atoms with E-state index in [4.69, 9.17) is 5.26 Å². The fraction of sp³-hybridized carbons (Fsp3) is 0.364. The van der Waals surface area contributed by atoms with Gasteiger partial charge in [-0.25, -0.2) is 4.98 Å². The van der Waals surface area contributed by atoms with Crippen molar-refractivity contribution in [1.82, 2.24) is 4.98 Å². The van der Waals surface area contributed by atoms with Gasteiger partial charge in [0.2, 0.25) is 5.91 Å². The van der Waals surface area contributed by atoms with Crippen LogP contribution < -0.4 is 5.32 Å². The van der Waals surface area contributed by atoms with E-state index in [0.717, 1.165) is 0 Å². The zero-order chi connectivity index (χ0) is 11.3. The Morgan fingerprint density at radius 3 is 3.00 bits per heavy atom. The molecular weight excluding hydrogens is 190 g/mol. The number of aromatic nitrogens is 1. The number of amides is 1. The standard InChI is InChI=1S/C11H13N3O/c1-8(2)6-10(15)14-11-9(7-12)4-3-5-13-11/h3-5,8H,6H2,1-2H3,(H,13,14,15). The summed E-state index contributed by atoms with van der Waals surface area (Å²) in [7, 11) is 0. The van der Waals surface area contributed by atoms with E-state index in [9.17, 15) is 4.79 Å². The zero-order valence-corrected chi connectivity index (χ0v) is 8.82. The molecule has 0 saturated carbocycles. The van der Waals surface area contributed by atoms with Gasteiger partial charge in [0.1, 0.15) is 11.9 Å². The van der Waals surface area contributed by atoms with Crippen molar-refractivity contribution in [2.75, 3.05) is 5.32 Å². The zero-order valence-electron chi connectivity index (χ0n) is 8.82. The molecule has 0 aliphatic rings. The summed E-state index contributed by atoms with van der Waals surface area (Å²) in [5, 5.41) is 11.4. The van der Waals surface area contributed by atoms with Crippen molar-refractivity contribution in [2.24, 2.45) is 5.92 Å². The first-order chi connectivity index (χ1) is 7.13.